The average molecular weight is 511 g/mol. The Balaban J connectivity index is 1.34. The number of anilines is 1. The van der Waals surface area contributed by atoms with Gasteiger partial charge in [0.1, 0.15) is 0 Å². The molecule has 8 nitrogen and oxygen atoms in total. The van der Waals surface area contributed by atoms with E-state index in [4.69, 9.17) is 0 Å². The van der Waals surface area contributed by atoms with Crippen molar-refractivity contribution in [2.75, 3.05) is 5.32 Å². The average Bonchev–Trinajstić information content (AvgIpc) is 3.56. The maximum absolute atomic E-state index is 11.5. The highest BCUT2D eigenvalue weighted by Crippen LogP contribution is 2.31. The molecule has 5 aromatic rings. The zero-order valence-corrected chi connectivity index (χ0v) is 21.2. The van der Waals surface area contributed by atoms with E-state index in [-0.39, 0.29) is 5.69 Å². The molecule has 5 rings (SSSR count). The molecular formula is C28H26N6O2S. The van der Waals surface area contributed by atoms with Crippen LogP contribution in [0.15, 0.2) is 78.9 Å². The fourth-order valence-corrected chi connectivity index (χ4v) is 5.21. The van der Waals surface area contributed by atoms with Crippen LogP contribution in [0.1, 0.15) is 39.8 Å². The maximum Gasteiger partial charge on any atom is 0.355 e. The number of nitrogens with zero attached hydrogens (tertiary/aromatic N) is 5. The van der Waals surface area contributed by atoms with Crippen LogP contribution in [0.2, 0.25) is 0 Å². The van der Waals surface area contributed by atoms with Crippen LogP contribution in [-0.4, -0.2) is 36.3 Å². The molecule has 2 aromatic heterocycles. The predicted octanol–water partition coefficient (Wildman–Crippen LogP) is 5.77. The second-order valence-electron chi connectivity index (χ2n) is 8.59. The molecule has 0 spiro atoms. The second kappa shape index (κ2) is 11.1. The van der Waals surface area contributed by atoms with Gasteiger partial charge >= 0.3 is 5.97 Å². The quantitative estimate of drug-likeness (QED) is 0.245. The summed E-state index contributed by atoms with van der Waals surface area (Å²) in [5, 5.41) is 25.8. The number of tetrazole rings is 1. The molecule has 0 atom stereocenters. The van der Waals surface area contributed by atoms with Crippen molar-refractivity contribution >= 4 is 22.4 Å². The summed E-state index contributed by atoms with van der Waals surface area (Å²) in [4.78, 5) is 16.6. The van der Waals surface area contributed by atoms with Gasteiger partial charge in [-0.1, -0.05) is 92.2 Å². The van der Waals surface area contributed by atoms with Gasteiger partial charge in [0.15, 0.2) is 16.6 Å². The Bertz CT molecular complexity index is 1490. The molecule has 0 aliphatic heterocycles. The van der Waals surface area contributed by atoms with Crippen LogP contribution in [0.4, 0.5) is 5.13 Å². The van der Waals surface area contributed by atoms with E-state index in [1.165, 1.54) is 11.3 Å². The van der Waals surface area contributed by atoms with E-state index in [9.17, 15) is 9.90 Å². The molecular weight excluding hydrogens is 484 g/mol. The van der Waals surface area contributed by atoms with Crippen LogP contribution in [-0.2, 0) is 19.5 Å². The summed E-state index contributed by atoms with van der Waals surface area (Å²) >= 11 is 1.41. The van der Waals surface area contributed by atoms with Crippen molar-refractivity contribution in [3.63, 3.8) is 0 Å². The lowest BCUT2D eigenvalue weighted by molar-refractivity contribution is 0.0690. The van der Waals surface area contributed by atoms with Crippen LogP contribution in [0.25, 0.3) is 22.5 Å². The predicted molar refractivity (Wildman–Crippen MR) is 145 cm³/mol. The lowest BCUT2D eigenvalue weighted by Crippen LogP contribution is -2.05. The number of aromatic carboxylic acids is 1. The van der Waals surface area contributed by atoms with Crippen molar-refractivity contribution in [3.05, 3.63) is 101 Å². The van der Waals surface area contributed by atoms with Crippen molar-refractivity contribution in [2.24, 2.45) is 0 Å². The molecule has 2 heterocycles. The monoisotopic (exact) mass is 510 g/mol. The van der Waals surface area contributed by atoms with E-state index in [0.717, 1.165) is 39.1 Å². The number of aromatic nitrogens is 5. The number of carbonyl (C=O) groups is 1. The van der Waals surface area contributed by atoms with E-state index >= 15 is 0 Å². The Morgan fingerprint density at radius 3 is 2.41 bits per heavy atom. The van der Waals surface area contributed by atoms with Gasteiger partial charge in [-0.05, 0) is 39.1 Å². The topological polar surface area (TPSA) is 106 Å². The lowest BCUT2D eigenvalue weighted by Gasteiger charge is -2.11. The van der Waals surface area contributed by atoms with E-state index in [2.05, 4.69) is 68.3 Å². The van der Waals surface area contributed by atoms with E-state index in [0.29, 0.717) is 30.5 Å². The van der Waals surface area contributed by atoms with Crippen molar-refractivity contribution in [3.8, 4) is 22.5 Å². The highest BCUT2D eigenvalue weighted by molar-refractivity contribution is 7.15. The number of aryl methyl sites for hydroxylation is 1. The number of rotatable bonds is 10. The SMILES string of the molecule is CCCc1sc(NCc2ccc(-c3ccccc3-c3nnnn3Cc3ccccc3)cc2)nc1C(=O)O. The third-order valence-electron chi connectivity index (χ3n) is 5.96. The zero-order valence-electron chi connectivity index (χ0n) is 20.3. The highest BCUT2D eigenvalue weighted by atomic mass is 32.1. The van der Waals surface area contributed by atoms with Crippen LogP contribution in [0, 0.1) is 0 Å². The minimum absolute atomic E-state index is 0.149. The summed E-state index contributed by atoms with van der Waals surface area (Å²) in [6.45, 7) is 3.17. The lowest BCUT2D eigenvalue weighted by atomic mass is 9.98. The first-order valence-corrected chi connectivity index (χ1v) is 12.9. The maximum atomic E-state index is 11.5. The van der Waals surface area contributed by atoms with Gasteiger partial charge in [0, 0.05) is 17.0 Å². The smallest absolute Gasteiger partial charge is 0.355 e. The summed E-state index contributed by atoms with van der Waals surface area (Å²) in [5.41, 5.74) is 5.41. The van der Waals surface area contributed by atoms with Gasteiger partial charge in [0.25, 0.3) is 0 Å². The van der Waals surface area contributed by atoms with Crippen molar-refractivity contribution in [1.82, 2.24) is 25.2 Å². The van der Waals surface area contributed by atoms with Crippen LogP contribution < -0.4 is 5.32 Å². The molecule has 37 heavy (non-hydrogen) atoms. The van der Waals surface area contributed by atoms with E-state index in [1.807, 2.05) is 48.0 Å². The first-order valence-electron chi connectivity index (χ1n) is 12.1. The summed E-state index contributed by atoms with van der Waals surface area (Å²) < 4.78 is 1.82. The summed E-state index contributed by atoms with van der Waals surface area (Å²) in [5.74, 6) is -0.267. The molecule has 0 saturated heterocycles. The fourth-order valence-electron chi connectivity index (χ4n) is 4.16. The van der Waals surface area contributed by atoms with Crippen LogP contribution in [0.5, 0.6) is 0 Å². The molecule has 186 valence electrons. The van der Waals surface area contributed by atoms with Crippen LogP contribution in [0.3, 0.4) is 0 Å². The molecule has 0 fully saturated rings. The second-order valence-corrected chi connectivity index (χ2v) is 9.67. The number of hydrogen-bond donors (Lipinski definition) is 2. The molecule has 3 aromatic carbocycles. The number of hydrogen-bond acceptors (Lipinski definition) is 7. The van der Waals surface area contributed by atoms with Gasteiger partial charge in [-0.3, -0.25) is 0 Å². The molecule has 2 N–H and O–H groups in total. The number of thiazole rings is 1. The third kappa shape index (κ3) is 5.57. The van der Waals surface area contributed by atoms with Crippen LogP contribution >= 0.6 is 11.3 Å². The minimum Gasteiger partial charge on any atom is -0.476 e. The Morgan fingerprint density at radius 1 is 0.946 bits per heavy atom. The van der Waals surface area contributed by atoms with Gasteiger partial charge in [0.2, 0.25) is 0 Å². The Morgan fingerprint density at radius 2 is 1.68 bits per heavy atom. The standard InChI is InChI=1S/C28H26N6O2S/c1-2-8-24-25(27(35)36)30-28(37-24)29-17-19-13-15-21(16-14-19)22-11-6-7-12-23(22)26-31-32-33-34(26)18-20-9-4-3-5-10-20/h3-7,9-16H,2,8,17-18H2,1H3,(H,29,30)(H,35,36). The number of benzene rings is 3. The molecule has 0 radical (unpaired) electrons. The normalized spacial score (nSPS) is 10.9. The van der Waals surface area contributed by atoms with Crippen molar-refractivity contribution in [2.45, 2.75) is 32.9 Å². The minimum atomic E-state index is -0.981. The van der Waals surface area contributed by atoms with Gasteiger partial charge in [-0.25, -0.2) is 14.5 Å². The number of nitrogens with one attached hydrogen (secondary N) is 1. The number of carboxylic acids is 1. The Hall–Kier alpha value is -4.37. The summed E-state index contributed by atoms with van der Waals surface area (Å²) in [7, 11) is 0. The first kappa shape index (κ1) is 24.3. The van der Waals surface area contributed by atoms with E-state index in [1.54, 1.807) is 0 Å². The van der Waals surface area contributed by atoms with E-state index < -0.39 is 5.97 Å². The molecule has 0 saturated carbocycles. The molecule has 0 aliphatic rings. The molecule has 0 unspecified atom stereocenters. The first-order chi connectivity index (χ1) is 18.1. The Kier molecular flexibility index (Phi) is 7.32. The van der Waals surface area contributed by atoms with Crippen molar-refractivity contribution in [1.29, 1.82) is 0 Å². The summed E-state index contributed by atoms with van der Waals surface area (Å²) in [6, 6.07) is 26.5. The molecule has 0 aliphatic carbocycles. The third-order valence-corrected chi connectivity index (χ3v) is 7.03. The largest absolute Gasteiger partial charge is 0.476 e. The fraction of sp³-hybridized carbons (Fsp3) is 0.179. The molecule has 0 bridgehead atoms. The van der Waals surface area contributed by atoms with Gasteiger partial charge in [-0.15, -0.1) is 16.4 Å². The highest BCUT2D eigenvalue weighted by Gasteiger charge is 2.17. The van der Waals surface area contributed by atoms with Gasteiger partial charge in [0.05, 0.1) is 6.54 Å². The number of carboxylic acid groups (broad SMARTS) is 1. The Labute approximate surface area is 218 Å². The molecule has 9 heteroatoms. The zero-order chi connectivity index (χ0) is 25.6. The van der Waals surface area contributed by atoms with Gasteiger partial charge < -0.3 is 10.4 Å². The molecule has 0 amide bonds. The van der Waals surface area contributed by atoms with Crippen molar-refractivity contribution < 1.29 is 9.90 Å². The summed E-state index contributed by atoms with van der Waals surface area (Å²) in [6.07, 6.45) is 1.59. The van der Waals surface area contributed by atoms with Gasteiger partial charge in [-0.2, -0.15) is 0 Å².